The van der Waals surface area contributed by atoms with Crippen LogP contribution in [-0.4, -0.2) is 50.1 Å². The maximum absolute atomic E-state index is 11.3. The number of ether oxygens (including phenoxy) is 2. The highest BCUT2D eigenvalue weighted by atomic mass is 16.5. The first kappa shape index (κ1) is 20.9. The van der Waals surface area contributed by atoms with Crippen LogP contribution in [0.3, 0.4) is 0 Å². The van der Waals surface area contributed by atoms with Gasteiger partial charge in [-0.3, -0.25) is 4.79 Å². The summed E-state index contributed by atoms with van der Waals surface area (Å²) >= 11 is 0. The third kappa shape index (κ3) is 6.34. The second kappa shape index (κ2) is 10.6. The van der Waals surface area contributed by atoms with Gasteiger partial charge in [-0.25, -0.2) is 4.99 Å². The standard InChI is InChI=1S/C20H32N4O3/c1-4-22-20(24-10-6-7-16(14-24)12-19(21)25)23-13-15-8-9-17(27-5-2)18(11-15)26-3/h8-9,11,16H,4-7,10,12-14H2,1-3H3,(H2,21,25)(H,22,23). The molecule has 0 aromatic heterocycles. The molecule has 1 amide bonds. The summed E-state index contributed by atoms with van der Waals surface area (Å²) in [4.78, 5) is 18.3. The zero-order chi connectivity index (χ0) is 19.6. The second-order valence-electron chi connectivity index (χ2n) is 6.71. The largest absolute Gasteiger partial charge is 0.493 e. The maximum Gasteiger partial charge on any atom is 0.217 e. The van der Waals surface area contributed by atoms with Crippen LogP contribution in [0.15, 0.2) is 23.2 Å². The smallest absolute Gasteiger partial charge is 0.217 e. The van der Waals surface area contributed by atoms with Crippen LogP contribution in [0, 0.1) is 5.92 Å². The number of likely N-dealkylation sites (tertiary alicyclic amines) is 1. The first-order chi connectivity index (χ1) is 13.1. The summed E-state index contributed by atoms with van der Waals surface area (Å²) in [5, 5.41) is 3.36. The number of primary amides is 1. The number of piperidine rings is 1. The lowest BCUT2D eigenvalue weighted by atomic mass is 9.95. The van der Waals surface area contributed by atoms with Gasteiger partial charge in [0.25, 0.3) is 0 Å². The van der Waals surface area contributed by atoms with Gasteiger partial charge < -0.3 is 25.4 Å². The summed E-state index contributed by atoms with van der Waals surface area (Å²) in [5.74, 6) is 2.40. The van der Waals surface area contributed by atoms with Crippen molar-refractivity contribution < 1.29 is 14.3 Å². The molecule has 1 fully saturated rings. The number of amides is 1. The minimum Gasteiger partial charge on any atom is -0.493 e. The molecule has 1 atom stereocenters. The van der Waals surface area contributed by atoms with Gasteiger partial charge in [-0.15, -0.1) is 0 Å². The Balaban J connectivity index is 2.09. The van der Waals surface area contributed by atoms with Crippen molar-refractivity contribution in [1.29, 1.82) is 0 Å². The summed E-state index contributed by atoms with van der Waals surface area (Å²) in [6, 6.07) is 5.89. The predicted octanol–water partition coefficient (Wildman–Crippen LogP) is 2.15. The summed E-state index contributed by atoms with van der Waals surface area (Å²) in [6.07, 6.45) is 2.51. The Labute approximate surface area is 161 Å². The molecule has 1 heterocycles. The molecule has 1 aromatic rings. The van der Waals surface area contributed by atoms with Crippen molar-refractivity contribution in [3.63, 3.8) is 0 Å². The maximum atomic E-state index is 11.3. The van der Waals surface area contributed by atoms with Gasteiger partial charge in [0.15, 0.2) is 17.5 Å². The Hall–Kier alpha value is -2.44. The van der Waals surface area contributed by atoms with Crippen LogP contribution in [0.5, 0.6) is 11.5 Å². The van der Waals surface area contributed by atoms with Crippen LogP contribution in [-0.2, 0) is 11.3 Å². The van der Waals surface area contributed by atoms with Crippen LogP contribution in [0.25, 0.3) is 0 Å². The number of benzene rings is 1. The van der Waals surface area contributed by atoms with Crippen LogP contribution in [0.4, 0.5) is 0 Å². The summed E-state index contributed by atoms with van der Waals surface area (Å²) in [7, 11) is 1.64. The molecule has 0 saturated carbocycles. The minimum atomic E-state index is -0.231. The number of nitrogens with zero attached hydrogens (tertiary/aromatic N) is 2. The SMILES string of the molecule is CCNC(=NCc1ccc(OCC)c(OC)c1)N1CCCC(CC(N)=O)C1. The van der Waals surface area contributed by atoms with Crippen LogP contribution in [0.1, 0.15) is 38.7 Å². The first-order valence-corrected chi connectivity index (χ1v) is 9.68. The molecule has 3 N–H and O–H groups in total. The van der Waals surface area contributed by atoms with Crippen molar-refractivity contribution in [3.8, 4) is 11.5 Å². The topological polar surface area (TPSA) is 89.2 Å². The number of hydrogen-bond donors (Lipinski definition) is 2. The Morgan fingerprint density at radius 3 is 2.85 bits per heavy atom. The number of hydrogen-bond acceptors (Lipinski definition) is 4. The highest BCUT2D eigenvalue weighted by Crippen LogP contribution is 2.28. The van der Waals surface area contributed by atoms with E-state index < -0.39 is 0 Å². The number of carbonyl (C=O) groups is 1. The quantitative estimate of drug-likeness (QED) is 0.536. The van der Waals surface area contributed by atoms with Gasteiger partial charge in [-0.1, -0.05) is 6.07 Å². The highest BCUT2D eigenvalue weighted by molar-refractivity contribution is 5.80. The molecule has 0 spiro atoms. The molecular weight excluding hydrogens is 344 g/mol. The molecule has 27 heavy (non-hydrogen) atoms. The van der Waals surface area contributed by atoms with Gasteiger partial charge in [0.05, 0.1) is 20.3 Å². The van der Waals surface area contributed by atoms with Crippen molar-refractivity contribution in [2.45, 2.75) is 39.7 Å². The fourth-order valence-corrected chi connectivity index (χ4v) is 3.39. The number of nitrogens with one attached hydrogen (secondary N) is 1. The average molecular weight is 377 g/mol. The molecule has 1 aromatic carbocycles. The molecule has 0 aliphatic carbocycles. The van der Waals surface area contributed by atoms with E-state index in [1.807, 2.05) is 25.1 Å². The third-order valence-corrected chi connectivity index (χ3v) is 4.58. The molecular formula is C20H32N4O3. The van der Waals surface area contributed by atoms with Crippen molar-refractivity contribution in [1.82, 2.24) is 10.2 Å². The van der Waals surface area contributed by atoms with Gasteiger partial charge >= 0.3 is 0 Å². The van der Waals surface area contributed by atoms with Gasteiger partial charge in [0.2, 0.25) is 5.91 Å². The fraction of sp³-hybridized carbons (Fsp3) is 0.600. The molecule has 7 heteroatoms. The van der Waals surface area contributed by atoms with E-state index in [1.165, 1.54) is 0 Å². The molecule has 150 valence electrons. The zero-order valence-corrected chi connectivity index (χ0v) is 16.7. The predicted molar refractivity (Wildman–Crippen MR) is 107 cm³/mol. The normalized spacial score (nSPS) is 17.5. The van der Waals surface area contributed by atoms with E-state index in [2.05, 4.69) is 17.1 Å². The molecule has 1 saturated heterocycles. The number of carbonyl (C=O) groups excluding carboxylic acids is 1. The minimum absolute atomic E-state index is 0.231. The van der Waals surface area contributed by atoms with Gasteiger partial charge in [-0.2, -0.15) is 0 Å². The fourth-order valence-electron chi connectivity index (χ4n) is 3.39. The number of aliphatic imine (C=N–C) groups is 1. The number of guanidine groups is 1. The van der Waals surface area contributed by atoms with Gasteiger partial charge in [0, 0.05) is 26.1 Å². The summed E-state index contributed by atoms with van der Waals surface area (Å²) in [5.41, 5.74) is 6.43. The van der Waals surface area contributed by atoms with E-state index in [0.717, 1.165) is 49.7 Å². The highest BCUT2D eigenvalue weighted by Gasteiger charge is 2.23. The molecule has 7 nitrogen and oxygen atoms in total. The summed E-state index contributed by atoms with van der Waals surface area (Å²) in [6.45, 7) is 7.68. The van der Waals surface area contributed by atoms with E-state index in [1.54, 1.807) is 7.11 Å². The zero-order valence-electron chi connectivity index (χ0n) is 16.7. The van der Waals surface area contributed by atoms with Crippen LogP contribution in [0.2, 0.25) is 0 Å². The Morgan fingerprint density at radius 1 is 1.37 bits per heavy atom. The van der Waals surface area contributed by atoms with E-state index in [9.17, 15) is 4.79 Å². The third-order valence-electron chi connectivity index (χ3n) is 4.58. The van der Waals surface area contributed by atoms with Crippen molar-refractivity contribution in [2.24, 2.45) is 16.6 Å². The van der Waals surface area contributed by atoms with Crippen molar-refractivity contribution in [2.75, 3.05) is 33.4 Å². The van der Waals surface area contributed by atoms with E-state index in [0.29, 0.717) is 31.2 Å². The van der Waals surface area contributed by atoms with Crippen molar-refractivity contribution in [3.05, 3.63) is 23.8 Å². The van der Waals surface area contributed by atoms with Crippen molar-refractivity contribution >= 4 is 11.9 Å². The van der Waals surface area contributed by atoms with Crippen LogP contribution < -0.4 is 20.5 Å². The molecule has 0 radical (unpaired) electrons. The van der Waals surface area contributed by atoms with E-state index in [4.69, 9.17) is 20.2 Å². The Morgan fingerprint density at radius 2 is 2.19 bits per heavy atom. The summed E-state index contributed by atoms with van der Waals surface area (Å²) < 4.78 is 11.0. The molecule has 0 bridgehead atoms. The lowest BCUT2D eigenvalue weighted by Crippen LogP contribution is -2.47. The Bertz CT molecular complexity index is 648. The second-order valence-corrected chi connectivity index (χ2v) is 6.71. The van der Waals surface area contributed by atoms with Gasteiger partial charge in [-0.05, 0) is 50.3 Å². The first-order valence-electron chi connectivity index (χ1n) is 9.68. The lowest BCUT2D eigenvalue weighted by Gasteiger charge is -2.34. The Kier molecular flexibility index (Phi) is 8.23. The van der Waals surface area contributed by atoms with Crippen LogP contribution >= 0.6 is 0 Å². The van der Waals surface area contributed by atoms with Gasteiger partial charge in [0.1, 0.15) is 0 Å². The number of methoxy groups -OCH3 is 1. The molecule has 1 aliphatic heterocycles. The van der Waals surface area contributed by atoms with E-state index in [-0.39, 0.29) is 5.91 Å². The number of rotatable bonds is 8. The monoisotopic (exact) mass is 376 g/mol. The lowest BCUT2D eigenvalue weighted by molar-refractivity contribution is -0.119. The average Bonchev–Trinajstić information content (AvgIpc) is 2.66. The molecule has 1 unspecified atom stereocenters. The number of nitrogens with two attached hydrogens (primary N) is 1. The molecule has 2 rings (SSSR count). The molecule has 1 aliphatic rings. The van der Waals surface area contributed by atoms with E-state index >= 15 is 0 Å².